The van der Waals surface area contributed by atoms with Crippen molar-refractivity contribution in [1.29, 1.82) is 5.26 Å². The third kappa shape index (κ3) is 3.63. The first-order valence-electron chi connectivity index (χ1n) is 4.81. The Labute approximate surface area is 95.9 Å². The summed E-state index contributed by atoms with van der Waals surface area (Å²) < 4.78 is 50.0. The Kier molecular flexibility index (Phi) is 3.94. The Balaban J connectivity index is 2.71. The van der Waals surface area contributed by atoms with Gasteiger partial charge in [-0.25, -0.2) is 4.39 Å². The van der Waals surface area contributed by atoms with Crippen LogP contribution < -0.4 is 5.32 Å². The van der Waals surface area contributed by atoms with Crippen molar-refractivity contribution in [2.45, 2.75) is 13.1 Å². The van der Waals surface area contributed by atoms with E-state index in [2.05, 4.69) is 5.32 Å². The number of nitrogens with one attached hydrogen (secondary N) is 1. The van der Waals surface area contributed by atoms with Gasteiger partial charge in [-0.1, -0.05) is 6.07 Å². The summed E-state index contributed by atoms with van der Waals surface area (Å²) in [6.45, 7) is 1.00. The van der Waals surface area contributed by atoms with Crippen LogP contribution in [0, 0.1) is 30.0 Å². The van der Waals surface area contributed by atoms with Crippen molar-refractivity contribution in [2.75, 3.05) is 11.9 Å². The molecule has 0 saturated carbocycles. The first-order valence-corrected chi connectivity index (χ1v) is 4.81. The summed E-state index contributed by atoms with van der Waals surface area (Å²) in [4.78, 5) is 0. The molecule has 0 spiro atoms. The van der Waals surface area contributed by atoms with Crippen molar-refractivity contribution in [2.24, 2.45) is 5.92 Å². The Bertz CT molecular complexity index is 434. The lowest BCUT2D eigenvalue weighted by Gasteiger charge is -2.15. The zero-order chi connectivity index (χ0) is 13.1. The molecule has 6 heteroatoms. The highest BCUT2D eigenvalue weighted by Gasteiger charge is 2.39. The highest BCUT2D eigenvalue weighted by Crippen LogP contribution is 2.26. The summed E-state index contributed by atoms with van der Waals surface area (Å²) in [5, 5.41) is 10.6. The van der Waals surface area contributed by atoms with Gasteiger partial charge in [0.2, 0.25) is 0 Å². The second-order valence-electron chi connectivity index (χ2n) is 3.59. The van der Waals surface area contributed by atoms with Crippen LogP contribution >= 0.6 is 0 Å². The highest BCUT2D eigenvalue weighted by molar-refractivity contribution is 5.46. The lowest BCUT2D eigenvalue weighted by atomic mass is 10.1. The van der Waals surface area contributed by atoms with Gasteiger partial charge in [0.05, 0.1) is 11.8 Å². The monoisotopic (exact) mass is 246 g/mol. The van der Waals surface area contributed by atoms with Gasteiger partial charge in [0.25, 0.3) is 0 Å². The van der Waals surface area contributed by atoms with Crippen LogP contribution in [0.25, 0.3) is 0 Å². The smallest absolute Gasteiger partial charge is 0.381 e. The molecule has 0 aliphatic carbocycles. The van der Waals surface area contributed by atoms with Gasteiger partial charge < -0.3 is 5.32 Å². The van der Waals surface area contributed by atoms with Gasteiger partial charge in [0, 0.05) is 6.54 Å². The number of anilines is 1. The molecule has 1 aromatic rings. The van der Waals surface area contributed by atoms with Crippen molar-refractivity contribution in [3.8, 4) is 6.07 Å². The number of nitriles is 1. The quantitative estimate of drug-likeness (QED) is 0.831. The van der Waals surface area contributed by atoms with Crippen LogP contribution in [0.1, 0.15) is 5.56 Å². The Morgan fingerprint density at radius 1 is 1.41 bits per heavy atom. The van der Waals surface area contributed by atoms with Crippen LogP contribution in [0.5, 0.6) is 0 Å². The van der Waals surface area contributed by atoms with Gasteiger partial charge in [0.15, 0.2) is 5.92 Å². The van der Waals surface area contributed by atoms with Crippen LogP contribution in [0.15, 0.2) is 18.2 Å². The lowest BCUT2D eigenvalue weighted by molar-refractivity contribution is -0.155. The number of alkyl halides is 3. The zero-order valence-electron chi connectivity index (χ0n) is 8.98. The fourth-order valence-electron chi connectivity index (χ4n) is 1.21. The predicted molar refractivity (Wildman–Crippen MR) is 54.8 cm³/mol. The van der Waals surface area contributed by atoms with Crippen molar-refractivity contribution >= 4 is 5.69 Å². The van der Waals surface area contributed by atoms with E-state index in [1.807, 2.05) is 0 Å². The second-order valence-corrected chi connectivity index (χ2v) is 3.59. The maximum atomic E-state index is 13.3. The van der Waals surface area contributed by atoms with Crippen LogP contribution in [0.3, 0.4) is 0 Å². The maximum Gasteiger partial charge on any atom is 0.406 e. The third-order valence-corrected chi connectivity index (χ3v) is 2.17. The molecule has 92 valence electrons. The highest BCUT2D eigenvalue weighted by atomic mass is 19.4. The van der Waals surface area contributed by atoms with E-state index in [0.717, 1.165) is 6.07 Å². The molecule has 1 aromatic carbocycles. The number of nitrogens with zero attached hydrogens (tertiary/aromatic N) is 1. The van der Waals surface area contributed by atoms with Gasteiger partial charge in [0.1, 0.15) is 5.82 Å². The van der Waals surface area contributed by atoms with Crippen molar-refractivity contribution in [3.63, 3.8) is 0 Å². The van der Waals surface area contributed by atoms with Gasteiger partial charge >= 0.3 is 6.18 Å². The fraction of sp³-hybridized carbons (Fsp3) is 0.364. The van der Waals surface area contributed by atoms with Crippen molar-refractivity contribution in [3.05, 3.63) is 29.6 Å². The van der Waals surface area contributed by atoms with Crippen LogP contribution in [-0.4, -0.2) is 12.7 Å². The van der Waals surface area contributed by atoms with Crippen LogP contribution in [-0.2, 0) is 0 Å². The first kappa shape index (κ1) is 13.3. The topological polar surface area (TPSA) is 35.8 Å². The van der Waals surface area contributed by atoms with E-state index >= 15 is 0 Å². The molecule has 0 heterocycles. The molecule has 0 amide bonds. The summed E-state index contributed by atoms with van der Waals surface area (Å²) in [6.07, 6.45) is -4.61. The average Bonchev–Trinajstić information content (AvgIpc) is 2.19. The van der Waals surface area contributed by atoms with Crippen molar-refractivity contribution in [1.82, 2.24) is 0 Å². The molecule has 0 radical (unpaired) electrons. The summed E-state index contributed by atoms with van der Waals surface area (Å²) in [7, 11) is 0. The molecule has 0 aliphatic heterocycles. The van der Waals surface area contributed by atoms with E-state index in [0.29, 0.717) is 5.56 Å². The minimum absolute atomic E-state index is 0.0416. The number of halogens is 4. The standard InChI is InChI=1S/C11H10F4N2/c1-7-2-3-10(9(12)4-7)17-6-8(5-16)11(13,14)15/h2-4,8,17H,6H2,1H3. The molecule has 0 saturated heterocycles. The van der Waals surface area contributed by atoms with E-state index in [1.165, 1.54) is 12.1 Å². The predicted octanol–water partition coefficient (Wildman–Crippen LogP) is 3.25. The summed E-state index contributed by atoms with van der Waals surface area (Å²) in [6, 6.07) is 5.25. The third-order valence-electron chi connectivity index (χ3n) is 2.17. The summed E-state index contributed by atoms with van der Waals surface area (Å²) >= 11 is 0. The van der Waals surface area contributed by atoms with E-state index in [1.54, 1.807) is 13.0 Å². The largest absolute Gasteiger partial charge is 0.406 e. The van der Waals surface area contributed by atoms with Gasteiger partial charge in [-0.05, 0) is 24.6 Å². The minimum Gasteiger partial charge on any atom is -0.381 e. The van der Waals surface area contributed by atoms with E-state index < -0.39 is 24.5 Å². The number of rotatable bonds is 3. The molecule has 1 unspecified atom stereocenters. The molecule has 0 fully saturated rings. The molecule has 2 nitrogen and oxygen atoms in total. The average molecular weight is 246 g/mol. The fourth-order valence-corrected chi connectivity index (χ4v) is 1.21. The summed E-state index contributed by atoms with van der Waals surface area (Å²) in [5.74, 6) is -2.79. The van der Waals surface area contributed by atoms with Crippen molar-refractivity contribution < 1.29 is 17.6 Å². The normalized spacial score (nSPS) is 12.9. The molecule has 0 bridgehead atoms. The maximum absolute atomic E-state index is 13.3. The molecule has 1 rings (SSSR count). The number of aryl methyl sites for hydroxylation is 1. The molecule has 0 aliphatic rings. The number of benzene rings is 1. The van der Waals surface area contributed by atoms with E-state index in [-0.39, 0.29) is 5.69 Å². The molecular weight excluding hydrogens is 236 g/mol. The van der Waals surface area contributed by atoms with Crippen LogP contribution in [0.4, 0.5) is 23.2 Å². The molecule has 1 N–H and O–H groups in total. The second kappa shape index (κ2) is 5.04. The molecule has 1 atom stereocenters. The van der Waals surface area contributed by atoms with E-state index in [9.17, 15) is 17.6 Å². The zero-order valence-corrected chi connectivity index (χ0v) is 8.98. The Morgan fingerprint density at radius 2 is 2.06 bits per heavy atom. The number of hydrogen-bond acceptors (Lipinski definition) is 2. The Hall–Kier alpha value is -1.77. The first-order chi connectivity index (χ1) is 7.84. The van der Waals surface area contributed by atoms with Gasteiger partial charge in [-0.3, -0.25) is 0 Å². The molecule has 0 aromatic heterocycles. The van der Waals surface area contributed by atoms with Gasteiger partial charge in [-0.2, -0.15) is 18.4 Å². The van der Waals surface area contributed by atoms with Gasteiger partial charge in [-0.15, -0.1) is 0 Å². The Morgan fingerprint density at radius 3 is 2.53 bits per heavy atom. The molecular formula is C11H10F4N2. The van der Waals surface area contributed by atoms with E-state index in [4.69, 9.17) is 5.26 Å². The summed E-state index contributed by atoms with van der Waals surface area (Å²) in [5.41, 5.74) is 0.626. The minimum atomic E-state index is -4.61. The SMILES string of the molecule is Cc1ccc(NCC(C#N)C(F)(F)F)c(F)c1. The van der Waals surface area contributed by atoms with Crippen LogP contribution in [0.2, 0.25) is 0 Å². The lowest BCUT2D eigenvalue weighted by Crippen LogP contribution is -2.28. The number of hydrogen-bond donors (Lipinski definition) is 1. The molecule has 17 heavy (non-hydrogen) atoms.